The molecule has 0 aromatic rings. The number of alkyl halides is 1. The van der Waals surface area contributed by atoms with Crippen molar-refractivity contribution in [2.45, 2.75) is 0 Å². The molecule has 0 saturated carbocycles. The highest BCUT2D eigenvalue weighted by molar-refractivity contribution is 14.1. The van der Waals surface area contributed by atoms with Crippen LogP contribution in [-0.2, 0) is 0 Å². The van der Waals surface area contributed by atoms with E-state index >= 15 is 0 Å². The standard InChI is InChI=1S/C7H11IN2/c1-3-4-7(9-2)10-6-5-8/h3-4,6,9H,1,5H2,2H3/b7-4-,10-6?. The van der Waals surface area contributed by atoms with Crippen LogP contribution < -0.4 is 5.32 Å². The number of nitrogens with zero attached hydrogens (tertiary/aromatic N) is 1. The summed E-state index contributed by atoms with van der Waals surface area (Å²) in [5.74, 6) is 0.840. The van der Waals surface area contributed by atoms with Crippen LogP contribution in [0.5, 0.6) is 0 Å². The smallest absolute Gasteiger partial charge is 0.125 e. The van der Waals surface area contributed by atoms with Crippen LogP contribution in [0.3, 0.4) is 0 Å². The Morgan fingerprint density at radius 3 is 2.90 bits per heavy atom. The lowest BCUT2D eigenvalue weighted by Crippen LogP contribution is -2.02. The maximum absolute atomic E-state index is 4.10. The molecule has 0 saturated heterocycles. The van der Waals surface area contributed by atoms with Crippen molar-refractivity contribution in [1.29, 1.82) is 0 Å². The lowest BCUT2D eigenvalue weighted by molar-refractivity contribution is 0.968. The highest BCUT2D eigenvalue weighted by Gasteiger charge is 1.81. The number of aliphatic imine (C=N–C) groups is 1. The molecule has 0 aromatic carbocycles. The molecule has 0 unspecified atom stereocenters. The van der Waals surface area contributed by atoms with Gasteiger partial charge in [0.2, 0.25) is 0 Å². The minimum absolute atomic E-state index is 0.840. The molecule has 0 amide bonds. The van der Waals surface area contributed by atoms with Crippen LogP contribution in [0.25, 0.3) is 0 Å². The summed E-state index contributed by atoms with van der Waals surface area (Å²) >= 11 is 2.24. The van der Waals surface area contributed by atoms with Crippen LogP contribution >= 0.6 is 22.6 Å². The van der Waals surface area contributed by atoms with Crippen molar-refractivity contribution >= 4 is 28.8 Å². The normalized spacial score (nSPS) is 12.0. The van der Waals surface area contributed by atoms with Crippen molar-refractivity contribution in [3.8, 4) is 0 Å². The second kappa shape index (κ2) is 6.80. The fraction of sp³-hybridized carbons (Fsp3) is 0.286. The second-order valence-electron chi connectivity index (χ2n) is 1.50. The first kappa shape index (κ1) is 9.68. The molecule has 0 spiro atoms. The van der Waals surface area contributed by atoms with E-state index in [1.54, 1.807) is 6.08 Å². The average Bonchev–Trinajstić information content (AvgIpc) is 1.98. The highest BCUT2D eigenvalue weighted by Crippen LogP contribution is 1.89. The van der Waals surface area contributed by atoms with E-state index in [4.69, 9.17) is 0 Å². The van der Waals surface area contributed by atoms with E-state index < -0.39 is 0 Å². The van der Waals surface area contributed by atoms with E-state index in [2.05, 4.69) is 39.5 Å². The third-order valence-corrected chi connectivity index (χ3v) is 1.23. The van der Waals surface area contributed by atoms with Gasteiger partial charge in [-0.05, 0) is 6.08 Å². The topological polar surface area (TPSA) is 24.4 Å². The van der Waals surface area contributed by atoms with Crippen LogP contribution in [0.15, 0.2) is 29.5 Å². The molecule has 0 aliphatic heterocycles. The molecule has 0 fully saturated rings. The molecule has 1 N–H and O–H groups in total. The second-order valence-corrected chi connectivity index (χ2v) is 2.38. The maximum atomic E-state index is 4.10. The molecular weight excluding hydrogens is 239 g/mol. The predicted molar refractivity (Wildman–Crippen MR) is 54.7 cm³/mol. The summed E-state index contributed by atoms with van der Waals surface area (Å²) in [6.45, 7) is 3.56. The Balaban J connectivity index is 3.94. The van der Waals surface area contributed by atoms with Crippen LogP contribution in [0.2, 0.25) is 0 Å². The third-order valence-electron chi connectivity index (χ3n) is 0.831. The van der Waals surface area contributed by atoms with E-state index in [1.165, 1.54) is 0 Å². The summed E-state index contributed by atoms with van der Waals surface area (Å²) in [5.41, 5.74) is 0. The van der Waals surface area contributed by atoms with Gasteiger partial charge in [-0.15, -0.1) is 0 Å². The molecule has 0 aromatic heterocycles. The van der Waals surface area contributed by atoms with Crippen LogP contribution in [0, 0.1) is 0 Å². The van der Waals surface area contributed by atoms with Gasteiger partial charge < -0.3 is 5.32 Å². The largest absolute Gasteiger partial charge is 0.373 e. The molecular formula is C7H11IN2. The Hall–Kier alpha value is -0.320. The highest BCUT2D eigenvalue weighted by atomic mass is 127. The van der Waals surface area contributed by atoms with Gasteiger partial charge in [0.25, 0.3) is 0 Å². The zero-order valence-electron chi connectivity index (χ0n) is 5.97. The van der Waals surface area contributed by atoms with E-state index in [9.17, 15) is 0 Å². The van der Waals surface area contributed by atoms with Gasteiger partial charge in [-0.3, -0.25) is 0 Å². The van der Waals surface area contributed by atoms with Crippen LogP contribution in [-0.4, -0.2) is 17.7 Å². The molecule has 0 atom stereocenters. The zero-order chi connectivity index (χ0) is 7.82. The summed E-state index contributed by atoms with van der Waals surface area (Å²) in [7, 11) is 1.83. The minimum atomic E-state index is 0.840. The van der Waals surface area contributed by atoms with Crippen molar-refractivity contribution in [2.75, 3.05) is 11.5 Å². The summed E-state index contributed by atoms with van der Waals surface area (Å²) in [5, 5.41) is 2.93. The van der Waals surface area contributed by atoms with E-state index in [1.807, 2.05) is 19.3 Å². The van der Waals surface area contributed by atoms with Crippen molar-refractivity contribution in [3.05, 3.63) is 24.6 Å². The summed E-state index contributed by atoms with van der Waals surface area (Å²) in [6, 6.07) is 0. The van der Waals surface area contributed by atoms with Gasteiger partial charge in [-0.25, -0.2) is 4.99 Å². The van der Waals surface area contributed by atoms with Gasteiger partial charge in [0.15, 0.2) is 0 Å². The lowest BCUT2D eigenvalue weighted by Gasteiger charge is -1.95. The van der Waals surface area contributed by atoms with Gasteiger partial charge in [0.05, 0.1) is 0 Å². The minimum Gasteiger partial charge on any atom is -0.373 e. The van der Waals surface area contributed by atoms with Gasteiger partial charge in [-0.1, -0.05) is 35.2 Å². The summed E-state index contributed by atoms with van der Waals surface area (Å²) in [4.78, 5) is 4.10. The maximum Gasteiger partial charge on any atom is 0.125 e. The van der Waals surface area contributed by atoms with Gasteiger partial charge in [0.1, 0.15) is 5.82 Å². The van der Waals surface area contributed by atoms with Crippen LogP contribution in [0.1, 0.15) is 0 Å². The van der Waals surface area contributed by atoms with Gasteiger partial charge in [-0.2, -0.15) is 0 Å². The fourth-order valence-electron chi connectivity index (χ4n) is 0.435. The van der Waals surface area contributed by atoms with Crippen molar-refractivity contribution in [1.82, 2.24) is 5.32 Å². The first-order chi connectivity index (χ1) is 4.85. The molecule has 0 aliphatic carbocycles. The fourth-order valence-corrected chi connectivity index (χ4v) is 0.632. The van der Waals surface area contributed by atoms with Crippen LogP contribution in [0.4, 0.5) is 0 Å². The quantitative estimate of drug-likeness (QED) is 0.349. The average molecular weight is 250 g/mol. The number of hydrogen-bond acceptors (Lipinski definition) is 2. The number of hydrogen-bond donors (Lipinski definition) is 1. The Morgan fingerprint density at radius 1 is 1.80 bits per heavy atom. The number of rotatable bonds is 4. The van der Waals surface area contributed by atoms with E-state index in [0.717, 1.165) is 10.2 Å². The molecule has 0 rings (SSSR count). The third kappa shape index (κ3) is 4.55. The first-order valence-electron chi connectivity index (χ1n) is 2.94. The molecule has 0 aliphatic rings. The lowest BCUT2D eigenvalue weighted by atomic mass is 10.5. The molecule has 0 radical (unpaired) electrons. The van der Waals surface area contributed by atoms with Crippen molar-refractivity contribution in [3.63, 3.8) is 0 Å². The SMILES string of the molecule is C=C/C=C(\N=CCI)NC. The number of halogens is 1. The van der Waals surface area contributed by atoms with E-state index in [-0.39, 0.29) is 0 Å². The molecule has 0 bridgehead atoms. The van der Waals surface area contributed by atoms with Gasteiger partial charge >= 0.3 is 0 Å². The summed E-state index contributed by atoms with van der Waals surface area (Å²) < 4.78 is 0.925. The number of nitrogens with one attached hydrogen (secondary N) is 1. The van der Waals surface area contributed by atoms with Gasteiger partial charge in [0, 0.05) is 17.7 Å². The zero-order valence-corrected chi connectivity index (χ0v) is 8.13. The Labute approximate surface area is 75.3 Å². The van der Waals surface area contributed by atoms with Crippen molar-refractivity contribution < 1.29 is 0 Å². The predicted octanol–water partition coefficient (Wildman–Crippen LogP) is 1.74. The molecule has 56 valence electrons. The van der Waals surface area contributed by atoms with E-state index in [0.29, 0.717) is 0 Å². The molecule has 0 heterocycles. The molecule has 2 nitrogen and oxygen atoms in total. The summed E-state index contributed by atoms with van der Waals surface area (Å²) in [6.07, 6.45) is 5.37. The number of allylic oxidation sites excluding steroid dienone is 2. The Bertz CT molecular complexity index is 150. The molecule has 3 heteroatoms. The first-order valence-corrected chi connectivity index (χ1v) is 4.46. The molecule has 10 heavy (non-hydrogen) atoms. The van der Waals surface area contributed by atoms with Crippen molar-refractivity contribution in [2.24, 2.45) is 4.99 Å². The monoisotopic (exact) mass is 250 g/mol. The Morgan fingerprint density at radius 2 is 2.50 bits per heavy atom. The Kier molecular flexibility index (Phi) is 6.58.